The van der Waals surface area contributed by atoms with Gasteiger partial charge in [-0.3, -0.25) is 85.4 Å². The number of aromatic nitrogens is 16. The van der Waals surface area contributed by atoms with Crippen molar-refractivity contribution in [2.75, 3.05) is 64.0 Å². The molecule has 7 saturated heterocycles. The average Bonchev–Trinajstić information content (AvgIpc) is 1.62. The first-order valence-electron chi connectivity index (χ1n) is 43.2. The molecule has 0 amide bonds. The Balaban J connectivity index is 0.635. The molecule has 15 rings (SSSR count). The molecule has 7 aliphatic heterocycles. The molecule has 7 fully saturated rings. The number of nitrogens with one attached hydrogen (secondary N) is 5. The summed E-state index contributed by atoms with van der Waals surface area (Å²) in [5.74, 6) is -0.662. The second-order valence-electron chi connectivity index (χ2n) is 33.7. The molecule has 0 bridgehead atoms. The van der Waals surface area contributed by atoms with Crippen LogP contribution in [-0.2, 0) is 184 Å². The van der Waals surface area contributed by atoms with Crippen molar-refractivity contribution < 1.29 is 130 Å². The first-order chi connectivity index (χ1) is 67.5. The molecule has 0 radical (unpaired) electrons. The first kappa shape index (κ1) is 112. The molecule has 144 heavy (non-hydrogen) atoms. The number of fused-ring (bicyclic) bond motifs is 1. The van der Waals surface area contributed by atoms with Gasteiger partial charge in [0.05, 0.1) is 94.8 Å². The van der Waals surface area contributed by atoms with E-state index >= 15 is 0 Å². The van der Waals surface area contributed by atoms with Crippen LogP contribution >= 0.6 is 47.1 Å². The number of H-pyrrole nitrogens is 5. The predicted octanol–water partition coefficient (Wildman–Crippen LogP) is -3.54. The van der Waals surface area contributed by atoms with E-state index in [9.17, 15) is 86.7 Å². The summed E-state index contributed by atoms with van der Waals surface area (Å²) in [4.78, 5) is 256. The fraction of sp³-hybridized carbons (Fsp3) is 0.597. The SMILES string of the molecule is CC[C@H]1O[C@@H](n2cc(C)c(=O)[nH]c2=O)CC1OP([O-])(=S)OC[C@H]1O[C@@H](n2cnc3c(=O)[nH]c(N)nc32)CC1OP(=O)([S-])OC[C@H]1O[C@@H](n2cc(C)c(N)nc2=O)CC1OP([O-])(=S)OC[C@H]1O[C@@H](n2cc(C)c(=O)[nH]c2=O)CC1OP([O-])(=S)OC[C@H]1O[C@@H](n2cc(C)c(N)nc2=O)CC1OP([O-])(=S)OC[C@H]1O[C@@H](n2cc(C)c(=O)[nH]c2=O)CC1OP([O-])(=S)OC[C@H]1O[C@@H](n2cc(C)c(=O)[nH]c2=O)CC1OP([O-])(=S)OC. The molecule has 72 heteroatoms. The molecule has 0 saturated carbocycles. The third-order valence-electron chi connectivity index (χ3n) is 23.7. The highest BCUT2D eigenvalue weighted by Crippen LogP contribution is 2.57. The Morgan fingerprint density at radius 2 is 0.611 bits per heavy atom. The lowest BCUT2D eigenvalue weighted by Crippen LogP contribution is -2.35. The zero-order chi connectivity index (χ0) is 104. The first-order valence-corrected chi connectivity index (χ1v) is 61.1. The maximum atomic E-state index is 14.9. The van der Waals surface area contributed by atoms with Crippen molar-refractivity contribution in [3.05, 3.63) is 192 Å². The summed E-state index contributed by atoms with van der Waals surface area (Å²) in [6.45, 7) is -29.0. The Hall–Kier alpha value is -6.37. The van der Waals surface area contributed by atoms with Crippen LogP contribution in [0.5, 0.6) is 0 Å². The molecule has 792 valence electrons. The fourth-order valence-electron chi connectivity index (χ4n) is 16.4. The lowest BCUT2D eigenvalue weighted by molar-refractivity contribution is -0.221. The van der Waals surface area contributed by atoms with Crippen LogP contribution < -0.4 is 108 Å². The lowest BCUT2D eigenvalue weighted by atomic mass is 10.1. The second kappa shape index (κ2) is 44.9. The molecule has 0 aliphatic carbocycles. The molecule has 7 aliphatic rings. The van der Waals surface area contributed by atoms with Crippen LogP contribution in [0.1, 0.15) is 135 Å². The highest BCUT2D eigenvalue weighted by atomic mass is 32.7. The van der Waals surface area contributed by atoms with E-state index in [1.54, 1.807) is 6.92 Å². The van der Waals surface area contributed by atoms with Crippen LogP contribution in [0.3, 0.4) is 0 Å². The van der Waals surface area contributed by atoms with Crippen LogP contribution in [0.25, 0.3) is 11.2 Å². The van der Waals surface area contributed by atoms with Gasteiger partial charge in [-0.25, -0.2) is 33.8 Å². The minimum atomic E-state index is -5.09. The Bertz CT molecular complexity index is 7310. The summed E-state index contributed by atoms with van der Waals surface area (Å²) in [5, 5.41) is 0. The van der Waals surface area contributed by atoms with Gasteiger partial charge in [-0.1, -0.05) is 77.8 Å². The number of hydrogen-bond donors (Lipinski definition) is 8. The number of nitrogens with zero attached hydrogens (tertiary/aromatic N) is 11. The minimum absolute atomic E-state index is 0.0154. The predicted molar refractivity (Wildman–Crippen MR) is 510 cm³/mol. The smallest absolute Gasteiger partial charge is 0.351 e. The quantitative estimate of drug-likeness (QED) is 0.0136. The summed E-state index contributed by atoms with van der Waals surface area (Å²) in [7, 11) is 1.00. The van der Waals surface area contributed by atoms with Gasteiger partial charge in [-0.15, -0.1) is 0 Å². The van der Waals surface area contributed by atoms with Gasteiger partial charge >= 0.3 is 34.1 Å². The zero-order valence-electron chi connectivity index (χ0n) is 76.1. The van der Waals surface area contributed by atoms with E-state index in [2.05, 4.69) is 44.9 Å². The minimum Gasteiger partial charge on any atom is -0.780 e. The average molecular weight is 2290 g/mol. The Kier molecular flexibility index (Phi) is 34.8. The van der Waals surface area contributed by atoms with E-state index < -0.39 is 303 Å². The molecule has 28 atom stereocenters. The molecule has 58 nitrogen and oxygen atoms in total. The normalized spacial score (nSPS) is 29.6. The van der Waals surface area contributed by atoms with Crippen molar-refractivity contribution in [2.45, 2.75) is 229 Å². The van der Waals surface area contributed by atoms with Gasteiger partial charge in [0, 0.05) is 123 Å². The molecule has 8 aromatic heterocycles. The number of hydrogen-bond acceptors (Lipinski definition) is 53. The van der Waals surface area contributed by atoms with E-state index in [-0.39, 0.29) is 87.8 Å². The fourth-order valence-corrected chi connectivity index (χ4v) is 26.2. The van der Waals surface area contributed by atoms with E-state index in [0.29, 0.717) is 0 Å². The van der Waals surface area contributed by atoms with Gasteiger partial charge < -0.3 is 155 Å². The van der Waals surface area contributed by atoms with Crippen LogP contribution in [0.4, 0.5) is 17.6 Å². The maximum Gasteiger partial charge on any atom is 0.351 e. The lowest BCUT2D eigenvalue weighted by Gasteiger charge is -2.36. The van der Waals surface area contributed by atoms with Gasteiger partial charge in [-0.05, 0) is 48.0 Å². The number of imidazole rings is 1. The molecule has 8 aromatic rings. The van der Waals surface area contributed by atoms with Crippen molar-refractivity contribution in [1.82, 2.24) is 76.8 Å². The van der Waals surface area contributed by atoms with Crippen molar-refractivity contribution in [3.63, 3.8) is 0 Å². The van der Waals surface area contributed by atoms with E-state index in [1.807, 2.05) is 0 Å². The zero-order valence-corrected chi connectivity index (χ0v) is 88.1. The summed E-state index contributed by atoms with van der Waals surface area (Å²) in [5.41, 5.74) is 9.11. The number of nitrogens with two attached hydrogens (primary N) is 3. The third-order valence-corrected chi connectivity index (χ3v) is 34.8. The highest BCUT2D eigenvalue weighted by Gasteiger charge is 2.49. The molecular formula is C72H91N19O39P7S7-7. The Morgan fingerprint density at radius 1 is 0.361 bits per heavy atom. The van der Waals surface area contributed by atoms with Gasteiger partial charge in [-0.2, -0.15) is 15.0 Å². The molecule has 14 unspecified atom stereocenters. The number of aromatic amines is 5. The number of anilines is 3. The monoisotopic (exact) mass is 2290 g/mol. The molecule has 11 N–H and O–H groups in total. The Labute approximate surface area is 845 Å². The van der Waals surface area contributed by atoms with Crippen LogP contribution in [0, 0.1) is 41.5 Å². The highest BCUT2D eigenvalue weighted by molar-refractivity contribution is 8.32. The van der Waals surface area contributed by atoms with E-state index in [1.165, 1.54) is 77.2 Å². The van der Waals surface area contributed by atoms with Crippen LogP contribution in [0.15, 0.2) is 96.2 Å². The summed E-state index contributed by atoms with van der Waals surface area (Å²) in [6.07, 6.45) is -23.7. The van der Waals surface area contributed by atoms with E-state index in [4.69, 9.17) is 197 Å². The number of rotatable bonds is 41. The summed E-state index contributed by atoms with van der Waals surface area (Å²) < 4.78 is 146. The maximum absolute atomic E-state index is 14.9. The third kappa shape index (κ3) is 26.8. The standard InChI is InChI=1S/C72H98N19O39P7S7/c1-9-36-37(10-50(117-36)87-19-32(4)61(92)81-69(87)99)125-132(104,139)111-28-49-43(16-56(123-49)91-29-76-57-60(91)79-66(75)80-65(57)96)130-137(109,144)116-25-46-40(13-52(120-46)86-18-31(3)59(74)78-68(86)98)127-135(107,142)115-27-48-42(15-55(122-48)90-22-35(7)64(95)84-72(90)102)129-136(108,143)113-24-45-39(12-51(119-45)85-17-30(2)58(73)77-67(85)97)126-134(106,141)114-26-47-41(14-54(121-47)89-21-34(6)63(94)83-71(89)101)128-133(105,140)112-23-44-38(124-131(103,138)110-8)11-53(118-44)88-20-33(5)62(93)82-70(88)100/h17-22,29,36-56H,9-16,23-28H2,1-8H3,(H,103,138)(H,104,139)(H,105,140)(H,106,141)(H,107,142)(H,108,143)(H,109,144)(H2,73,77,97)(H2,74,78,98)(H,81,92,99)(H,82,93,100)(H,83,94,101)(H,84,95,102)(H3,75,79,80,96)/p-7/t36-,37?,38?,39?,40?,41?,42?,43?,44-,45-,46-,47-,48-,49-,50-,51-,52-,53-,54-,55-,56-,131?,132?,133?,134?,135?,136?,137?/m1/s1. The molecule has 0 spiro atoms. The largest absolute Gasteiger partial charge is 0.780 e. The van der Waals surface area contributed by atoms with Crippen LogP contribution in [-0.4, -0.2) is 209 Å². The Morgan fingerprint density at radius 3 is 0.903 bits per heavy atom. The van der Waals surface area contributed by atoms with Gasteiger partial charge in [0.25, 0.3) is 27.8 Å². The van der Waals surface area contributed by atoms with Gasteiger partial charge in [0.15, 0.2) is 18.0 Å². The number of aryl methyl sites for hydroxylation is 6. The molecule has 0 aromatic carbocycles. The van der Waals surface area contributed by atoms with Crippen molar-refractivity contribution in [3.8, 4) is 0 Å². The van der Waals surface area contributed by atoms with Crippen molar-refractivity contribution >= 4 is 159 Å². The number of nitrogen functional groups attached to an aromatic ring is 3. The van der Waals surface area contributed by atoms with Crippen molar-refractivity contribution in [1.29, 1.82) is 0 Å². The second-order valence-corrected chi connectivity index (χ2v) is 52.8. The summed E-state index contributed by atoms with van der Waals surface area (Å²) >= 11 is 37.7. The molecule has 15 heterocycles. The van der Waals surface area contributed by atoms with Crippen LogP contribution in [0.2, 0.25) is 0 Å². The summed E-state index contributed by atoms with van der Waals surface area (Å²) in [6, 6.07) is 0. The topological polar surface area (TPSA) is 780 Å². The molecular weight excluding hydrogens is 2200 g/mol. The van der Waals surface area contributed by atoms with Gasteiger partial charge in [0.1, 0.15) is 132 Å². The van der Waals surface area contributed by atoms with Crippen molar-refractivity contribution in [2.24, 2.45) is 0 Å². The van der Waals surface area contributed by atoms with Gasteiger partial charge in [0.2, 0.25) is 5.95 Å². The van der Waals surface area contributed by atoms with E-state index in [0.717, 1.165) is 46.9 Å². The number of ether oxygens (including phenoxy) is 7.